The lowest BCUT2D eigenvalue weighted by molar-refractivity contribution is -0.136. The molecule has 1 fully saturated rings. The lowest BCUT2D eigenvalue weighted by Crippen LogP contribution is -2.50. The lowest BCUT2D eigenvalue weighted by atomic mass is 10.0. The van der Waals surface area contributed by atoms with E-state index in [1.807, 2.05) is 11.0 Å². The van der Waals surface area contributed by atoms with Gasteiger partial charge in [0, 0.05) is 51.0 Å². The fourth-order valence-electron chi connectivity index (χ4n) is 2.25. The number of hydrogen-bond acceptors (Lipinski definition) is 5. The zero-order chi connectivity index (χ0) is 13.7. The SMILES string of the molecule is CN1CCN(C(=O)C(CN)Cc2ccncn2)CC1. The second kappa shape index (κ2) is 6.58. The lowest BCUT2D eigenvalue weighted by Gasteiger charge is -2.34. The molecule has 0 radical (unpaired) electrons. The van der Waals surface area contributed by atoms with Crippen LogP contribution in [0.5, 0.6) is 0 Å². The Hall–Kier alpha value is -1.53. The van der Waals surface area contributed by atoms with Crippen molar-refractivity contribution in [2.75, 3.05) is 39.8 Å². The van der Waals surface area contributed by atoms with Crippen LogP contribution in [0.4, 0.5) is 0 Å². The second-order valence-electron chi connectivity index (χ2n) is 4.97. The monoisotopic (exact) mass is 263 g/mol. The average molecular weight is 263 g/mol. The standard InChI is InChI=1S/C13H21N5O/c1-17-4-6-18(7-5-17)13(19)11(9-14)8-12-2-3-15-10-16-12/h2-3,10-11H,4-9,14H2,1H3. The largest absolute Gasteiger partial charge is 0.340 e. The minimum absolute atomic E-state index is 0.147. The summed E-state index contributed by atoms with van der Waals surface area (Å²) in [6, 6.07) is 1.83. The molecular formula is C13H21N5O. The Balaban J connectivity index is 1.95. The third-order valence-corrected chi connectivity index (χ3v) is 3.55. The smallest absolute Gasteiger partial charge is 0.227 e. The van der Waals surface area contributed by atoms with Crippen molar-refractivity contribution in [3.05, 3.63) is 24.3 Å². The summed E-state index contributed by atoms with van der Waals surface area (Å²) in [5, 5.41) is 0. The molecule has 19 heavy (non-hydrogen) atoms. The van der Waals surface area contributed by atoms with Crippen LogP contribution >= 0.6 is 0 Å². The van der Waals surface area contributed by atoms with Gasteiger partial charge in [0.15, 0.2) is 0 Å². The van der Waals surface area contributed by atoms with Gasteiger partial charge in [-0.1, -0.05) is 0 Å². The normalized spacial score (nSPS) is 18.3. The molecule has 0 saturated carbocycles. The number of amides is 1. The third kappa shape index (κ3) is 3.71. The summed E-state index contributed by atoms with van der Waals surface area (Å²) in [6.07, 6.45) is 3.78. The Bertz CT molecular complexity index is 403. The van der Waals surface area contributed by atoms with Gasteiger partial charge in [-0.2, -0.15) is 0 Å². The fraction of sp³-hybridized carbons (Fsp3) is 0.615. The maximum Gasteiger partial charge on any atom is 0.227 e. The van der Waals surface area contributed by atoms with Crippen molar-refractivity contribution < 1.29 is 4.79 Å². The molecule has 0 bridgehead atoms. The summed E-state index contributed by atoms with van der Waals surface area (Å²) in [5.74, 6) is -0.0347. The molecule has 2 N–H and O–H groups in total. The third-order valence-electron chi connectivity index (χ3n) is 3.55. The maximum atomic E-state index is 12.4. The van der Waals surface area contributed by atoms with Crippen LogP contribution in [-0.2, 0) is 11.2 Å². The highest BCUT2D eigenvalue weighted by Gasteiger charge is 2.26. The Labute approximate surface area is 113 Å². The van der Waals surface area contributed by atoms with Crippen LogP contribution in [0.1, 0.15) is 5.69 Å². The Morgan fingerprint density at radius 3 is 2.74 bits per heavy atom. The van der Waals surface area contributed by atoms with E-state index in [1.54, 1.807) is 6.20 Å². The van der Waals surface area contributed by atoms with Crippen molar-refractivity contribution in [2.24, 2.45) is 11.7 Å². The molecule has 1 aromatic heterocycles. The minimum atomic E-state index is -0.182. The number of likely N-dealkylation sites (N-methyl/N-ethyl adjacent to an activating group) is 1. The van der Waals surface area contributed by atoms with Gasteiger partial charge >= 0.3 is 0 Å². The first-order chi connectivity index (χ1) is 9.20. The Morgan fingerprint density at radius 1 is 1.42 bits per heavy atom. The van der Waals surface area contributed by atoms with E-state index in [1.165, 1.54) is 6.33 Å². The van der Waals surface area contributed by atoms with Crippen molar-refractivity contribution in [3.8, 4) is 0 Å². The van der Waals surface area contributed by atoms with Crippen LogP contribution in [0, 0.1) is 5.92 Å². The van der Waals surface area contributed by atoms with Crippen LogP contribution in [0.3, 0.4) is 0 Å². The zero-order valence-electron chi connectivity index (χ0n) is 11.3. The number of carbonyl (C=O) groups is 1. The van der Waals surface area contributed by atoms with Crippen LogP contribution < -0.4 is 5.73 Å². The molecule has 1 aliphatic rings. The van der Waals surface area contributed by atoms with Gasteiger partial charge in [0.1, 0.15) is 6.33 Å². The molecule has 2 heterocycles. The summed E-state index contributed by atoms with van der Waals surface area (Å²) in [4.78, 5) is 24.6. The number of hydrogen-bond donors (Lipinski definition) is 1. The number of aromatic nitrogens is 2. The molecule has 6 heteroatoms. The minimum Gasteiger partial charge on any atom is -0.340 e. The van der Waals surface area contributed by atoms with Crippen molar-refractivity contribution in [1.82, 2.24) is 19.8 Å². The van der Waals surface area contributed by atoms with E-state index in [9.17, 15) is 4.79 Å². The van der Waals surface area contributed by atoms with Gasteiger partial charge in [0.25, 0.3) is 0 Å². The molecule has 0 spiro atoms. The summed E-state index contributed by atoms with van der Waals surface area (Å²) in [6.45, 7) is 3.79. The molecule has 1 unspecified atom stereocenters. The van der Waals surface area contributed by atoms with Crippen LogP contribution in [0.15, 0.2) is 18.6 Å². The highest BCUT2D eigenvalue weighted by molar-refractivity contribution is 5.79. The summed E-state index contributed by atoms with van der Waals surface area (Å²) in [5.41, 5.74) is 6.62. The van der Waals surface area contributed by atoms with Crippen molar-refractivity contribution >= 4 is 5.91 Å². The van der Waals surface area contributed by atoms with Crippen molar-refractivity contribution in [2.45, 2.75) is 6.42 Å². The molecule has 104 valence electrons. The fourth-order valence-corrected chi connectivity index (χ4v) is 2.25. The number of piperazine rings is 1. The first-order valence-electron chi connectivity index (χ1n) is 6.63. The molecule has 6 nitrogen and oxygen atoms in total. The number of nitrogens with two attached hydrogens (primary N) is 1. The topological polar surface area (TPSA) is 75.3 Å². The summed E-state index contributed by atoms with van der Waals surface area (Å²) in [7, 11) is 2.07. The van der Waals surface area contributed by atoms with Gasteiger partial charge in [-0.25, -0.2) is 9.97 Å². The molecule has 0 aliphatic carbocycles. The maximum absolute atomic E-state index is 12.4. The van der Waals surface area contributed by atoms with E-state index >= 15 is 0 Å². The van der Waals surface area contributed by atoms with E-state index in [2.05, 4.69) is 21.9 Å². The Kier molecular flexibility index (Phi) is 4.81. The van der Waals surface area contributed by atoms with Gasteiger partial charge in [0.2, 0.25) is 5.91 Å². The average Bonchev–Trinajstić information content (AvgIpc) is 2.46. The second-order valence-corrected chi connectivity index (χ2v) is 4.97. The molecule has 1 atom stereocenters. The molecule has 2 rings (SSSR count). The van der Waals surface area contributed by atoms with E-state index in [0.29, 0.717) is 13.0 Å². The molecule has 1 aromatic rings. The Morgan fingerprint density at radius 2 is 2.16 bits per heavy atom. The van der Waals surface area contributed by atoms with Gasteiger partial charge < -0.3 is 15.5 Å². The van der Waals surface area contributed by atoms with Crippen LogP contribution in [0.2, 0.25) is 0 Å². The van der Waals surface area contributed by atoms with Crippen molar-refractivity contribution in [3.63, 3.8) is 0 Å². The highest BCUT2D eigenvalue weighted by Crippen LogP contribution is 2.11. The van der Waals surface area contributed by atoms with Crippen LogP contribution in [-0.4, -0.2) is 65.4 Å². The molecule has 1 saturated heterocycles. The molecule has 1 amide bonds. The highest BCUT2D eigenvalue weighted by atomic mass is 16.2. The van der Waals surface area contributed by atoms with Gasteiger partial charge in [-0.3, -0.25) is 4.79 Å². The van der Waals surface area contributed by atoms with Crippen molar-refractivity contribution in [1.29, 1.82) is 0 Å². The first-order valence-corrected chi connectivity index (χ1v) is 6.63. The van der Waals surface area contributed by atoms with Gasteiger partial charge in [-0.15, -0.1) is 0 Å². The van der Waals surface area contributed by atoms with E-state index in [4.69, 9.17) is 5.73 Å². The van der Waals surface area contributed by atoms with E-state index in [0.717, 1.165) is 31.9 Å². The zero-order valence-corrected chi connectivity index (χ0v) is 11.3. The summed E-state index contributed by atoms with van der Waals surface area (Å²) >= 11 is 0. The number of carbonyl (C=O) groups excluding carboxylic acids is 1. The van der Waals surface area contributed by atoms with Crippen LogP contribution in [0.25, 0.3) is 0 Å². The van der Waals surface area contributed by atoms with Gasteiger partial charge in [-0.05, 0) is 13.1 Å². The number of rotatable bonds is 4. The van der Waals surface area contributed by atoms with Gasteiger partial charge in [0.05, 0.1) is 5.92 Å². The van der Waals surface area contributed by atoms with E-state index in [-0.39, 0.29) is 11.8 Å². The van der Waals surface area contributed by atoms with E-state index < -0.39 is 0 Å². The summed E-state index contributed by atoms with van der Waals surface area (Å²) < 4.78 is 0. The quantitative estimate of drug-likeness (QED) is 0.782. The predicted molar refractivity (Wildman–Crippen MR) is 72.4 cm³/mol. The predicted octanol–water partition coefficient (Wildman–Crippen LogP) is -0.632. The molecule has 0 aromatic carbocycles. The first kappa shape index (κ1) is 13.9. The molecule has 1 aliphatic heterocycles. The molecular weight excluding hydrogens is 242 g/mol. The number of nitrogens with zero attached hydrogens (tertiary/aromatic N) is 4.